The molecule has 2 atom stereocenters. The summed E-state index contributed by atoms with van der Waals surface area (Å²) in [5.74, 6) is -0.403. The summed E-state index contributed by atoms with van der Waals surface area (Å²) in [6.45, 7) is 8.00. The van der Waals surface area contributed by atoms with E-state index in [2.05, 4.69) is 21.2 Å². The second kappa shape index (κ2) is 13.1. The number of carbonyl (C=O) groups is 2. The molecule has 2 rings (SSSR count). The Morgan fingerprint density at radius 2 is 1.74 bits per heavy atom. The number of hydrogen-bond acceptors (Lipinski definition) is 4. The van der Waals surface area contributed by atoms with Crippen molar-refractivity contribution in [3.63, 3.8) is 0 Å². The van der Waals surface area contributed by atoms with E-state index in [0.29, 0.717) is 12.1 Å². The number of sulfonamides is 1. The number of halogens is 1. The Bertz CT molecular complexity index is 1110. The van der Waals surface area contributed by atoms with E-state index in [9.17, 15) is 18.0 Å². The number of anilines is 1. The monoisotopic (exact) mass is 565 g/mol. The normalized spacial score (nSPS) is 13.1. The van der Waals surface area contributed by atoms with E-state index < -0.39 is 16.1 Å². The SMILES string of the molecule is CC[C@H](C)NC(=O)[C@@H](C)N(Cc1ccc(Br)cc1)C(=O)CCCN(c1cccc(C)c1)S(C)(=O)=O. The molecule has 0 radical (unpaired) electrons. The number of nitrogens with one attached hydrogen (secondary N) is 1. The highest BCUT2D eigenvalue weighted by molar-refractivity contribution is 9.10. The van der Waals surface area contributed by atoms with Crippen LogP contribution in [0.1, 0.15) is 51.2 Å². The molecule has 0 fully saturated rings. The Kier molecular flexibility index (Phi) is 10.8. The molecule has 0 aliphatic rings. The van der Waals surface area contributed by atoms with Crippen LogP contribution in [0.15, 0.2) is 53.0 Å². The van der Waals surface area contributed by atoms with Crippen molar-refractivity contribution in [2.45, 2.75) is 65.6 Å². The molecule has 0 aliphatic carbocycles. The first-order valence-electron chi connectivity index (χ1n) is 11.8. The van der Waals surface area contributed by atoms with Crippen molar-refractivity contribution in [2.75, 3.05) is 17.1 Å². The van der Waals surface area contributed by atoms with Crippen molar-refractivity contribution in [1.29, 1.82) is 0 Å². The summed E-state index contributed by atoms with van der Waals surface area (Å²) >= 11 is 3.42. The molecule has 0 saturated carbocycles. The Morgan fingerprint density at radius 3 is 2.31 bits per heavy atom. The van der Waals surface area contributed by atoms with Crippen LogP contribution in [0.3, 0.4) is 0 Å². The summed E-state index contributed by atoms with van der Waals surface area (Å²) in [7, 11) is -3.51. The molecule has 2 amide bonds. The van der Waals surface area contributed by atoms with Gasteiger partial charge in [0.2, 0.25) is 21.8 Å². The highest BCUT2D eigenvalue weighted by Crippen LogP contribution is 2.20. The van der Waals surface area contributed by atoms with Gasteiger partial charge in [-0.15, -0.1) is 0 Å². The molecule has 0 bridgehead atoms. The van der Waals surface area contributed by atoms with Crippen LogP contribution in [-0.2, 0) is 26.2 Å². The maximum Gasteiger partial charge on any atom is 0.242 e. The minimum absolute atomic E-state index is 0.00670. The van der Waals surface area contributed by atoms with Crippen LogP contribution in [-0.4, -0.2) is 50.0 Å². The van der Waals surface area contributed by atoms with Crippen LogP contribution in [0.5, 0.6) is 0 Å². The molecule has 0 unspecified atom stereocenters. The number of aryl methyl sites for hydroxylation is 1. The van der Waals surface area contributed by atoms with Crippen molar-refractivity contribution >= 4 is 43.5 Å². The molecule has 0 spiro atoms. The average molecular weight is 567 g/mol. The molecule has 7 nitrogen and oxygen atoms in total. The molecule has 0 aliphatic heterocycles. The summed E-state index contributed by atoms with van der Waals surface area (Å²) in [6, 6.07) is 14.2. The first-order chi connectivity index (χ1) is 16.4. The summed E-state index contributed by atoms with van der Waals surface area (Å²) in [5, 5.41) is 2.95. The standard InChI is InChI=1S/C26H36BrN3O4S/c1-6-20(3)28-26(32)21(4)29(18-22-12-14-23(27)15-13-22)25(31)11-8-16-30(35(5,33)34)24-10-7-9-19(2)17-24/h7,9-10,12-15,17,20-21H,6,8,11,16,18H2,1-5H3,(H,28,32)/t20-,21+/m0/s1. The largest absolute Gasteiger partial charge is 0.352 e. The van der Waals surface area contributed by atoms with Crippen molar-refractivity contribution < 1.29 is 18.0 Å². The quantitative estimate of drug-likeness (QED) is 0.406. The van der Waals surface area contributed by atoms with Gasteiger partial charge in [-0.3, -0.25) is 13.9 Å². The van der Waals surface area contributed by atoms with Gasteiger partial charge in [-0.1, -0.05) is 47.1 Å². The van der Waals surface area contributed by atoms with Gasteiger partial charge in [-0.05, 0) is 69.0 Å². The van der Waals surface area contributed by atoms with Gasteiger partial charge in [0.05, 0.1) is 11.9 Å². The highest BCUT2D eigenvalue weighted by atomic mass is 79.9. The van der Waals surface area contributed by atoms with Crippen molar-refractivity contribution in [1.82, 2.24) is 10.2 Å². The molecule has 2 aromatic carbocycles. The predicted molar refractivity (Wildman–Crippen MR) is 145 cm³/mol. The van der Waals surface area contributed by atoms with Gasteiger partial charge >= 0.3 is 0 Å². The molecule has 1 N–H and O–H groups in total. The van der Waals surface area contributed by atoms with E-state index in [1.54, 1.807) is 17.9 Å². The number of nitrogens with zero attached hydrogens (tertiary/aromatic N) is 2. The Hall–Kier alpha value is -2.39. The third kappa shape index (κ3) is 8.96. The smallest absolute Gasteiger partial charge is 0.242 e. The third-order valence-corrected chi connectivity index (χ3v) is 7.60. The number of carbonyl (C=O) groups excluding carboxylic acids is 2. The lowest BCUT2D eigenvalue weighted by Crippen LogP contribution is -2.49. The Morgan fingerprint density at radius 1 is 1.09 bits per heavy atom. The topological polar surface area (TPSA) is 86.8 Å². The van der Waals surface area contributed by atoms with Crippen molar-refractivity contribution in [3.05, 3.63) is 64.1 Å². The fourth-order valence-corrected chi connectivity index (χ4v) is 4.84. The molecular weight excluding hydrogens is 530 g/mol. The Balaban J connectivity index is 2.16. The van der Waals surface area contributed by atoms with Gasteiger partial charge in [0, 0.05) is 30.0 Å². The highest BCUT2D eigenvalue weighted by Gasteiger charge is 2.27. The molecule has 35 heavy (non-hydrogen) atoms. The predicted octanol–water partition coefficient (Wildman–Crippen LogP) is 4.64. The zero-order valence-electron chi connectivity index (χ0n) is 21.1. The van der Waals surface area contributed by atoms with Crippen molar-refractivity contribution in [3.8, 4) is 0 Å². The molecule has 0 aromatic heterocycles. The molecule has 9 heteroatoms. The van der Waals surface area contributed by atoms with Gasteiger partial charge < -0.3 is 10.2 Å². The van der Waals surface area contributed by atoms with Crippen LogP contribution in [0.25, 0.3) is 0 Å². The van der Waals surface area contributed by atoms with Gasteiger partial charge in [0.1, 0.15) is 6.04 Å². The number of benzene rings is 2. The van der Waals surface area contributed by atoms with Crippen LogP contribution in [0.4, 0.5) is 5.69 Å². The van der Waals surface area contributed by atoms with Crippen LogP contribution in [0.2, 0.25) is 0 Å². The minimum Gasteiger partial charge on any atom is -0.352 e. The fourth-order valence-electron chi connectivity index (χ4n) is 3.62. The number of amides is 2. The van der Waals surface area contributed by atoms with E-state index in [1.165, 1.54) is 4.31 Å². The second-order valence-corrected chi connectivity index (χ2v) is 11.7. The van der Waals surface area contributed by atoms with Gasteiger partial charge in [-0.2, -0.15) is 0 Å². The minimum atomic E-state index is -3.51. The molecule has 2 aromatic rings. The first kappa shape index (κ1) is 28.8. The average Bonchev–Trinajstić information content (AvgIpc) is 2.79. The molecular formula is C26H36BrN3O4S. The van der Waals surface area contributed by atoms with Gasteiger partial charge in [-0.25, -0.2) is 8.42 Å². The lowest BCUT2D eigenvalue weighted by Gasteiger charge is -2.30. The van der Waals surface area contributed by atoms with E-state index >= 15 is 0 Å². The second-order valence-electron chi connectivity index (χ2n) is 8.92. The fraction of sp³-hybridized carbons (Fsp3) is 0.462. The van der Waals surface area contributed by atoms with Crippen molar-refractivity contribution in [2.24, 2.45) is 0 Å². The molecule has 192 valence electrons. The molecule has 0 saturated heterocycles. The van der Waals surface area contributed by atoms with Gasteiger partial charge in [0.15, 0.2) is 0 Å². The van der Waals surface area contributed by atoms with Crippen LogP contribution in [0, 0.1) is 6.92 Å². The first-order valence-corrected chi connectivity index (χ1v) is 14.4. The lowest BCUT2D eigenvalue weighted by molar-refractivity contribution is -0.140. The van der Waals surface area contributed by atoms with E-state index in [0.717, 1.165) is 28.3 Å². The zero-order chi connectivity index (χ0) is 26.2. The zero-order valence-corrected chi connectivity index (χ0v) is 23.5. The maximum absolute atomic E-state index is 13.3. The lowest BCUT2D eigenvalue weighted by atomic mass is 10.1. The third-order valence-electron chi connectivity index (χ3n) is 5.88. The number of hydrogen-bond donors (Lipinski definition) is 1. The summed E-state index contributed by atoms with van der Waals surface area (Å²) in [4.78, 5) is 27.7. The van der Waals surface area contributed by atoms with Gasteiger partial charge in [0.25, 0.3) is 0 Å². The Labute approximate surface area is 218 Å². The summed E-state index contributed by atoms with van der Waals surface area (Å²) in [5.41, 5.74) is 2.43. The maximum atomic E-state index is 13.3. The summed E-state index contributed by atoms with van der Waals surface area (Å²) in [6.07, 6.45) is 2.41. The number of rotatable bonds is 12. The molecule has 0 heterocycles. The van der Waals surface area contributed by atoms with E-state index in [4.69, 9.17) is 0 Å². The van der Waals surface area contributed by atoms with Crippen LogP contribution < -0.4 is 9.62 Å². The van der Waals surface area contributed by atoms with E-state index in [1.807, 2.05) is 63.2 Å². The van der Waals surface area contributed by atoms with Crippen LogP contribution >= 0.6 is 15.9 Å². The summed E-state index contributed by atoms with van der Waals surface area (Å²) < 4.78 is 27.1. The van der Waals surface area contributed by atoms with E-state index in [-0.39, 0.29) is 37.4 Å².